The molecule has 0 aromatic heterocycles. The summed E-state index contributed by atoms with van der Waals surface area (Å²) in [6.45, 7) is 1.02. The van der Waals surface area contributed by atoms with Crippen LogP contribution in [0.25, 0.3) is 0 Å². The van der Waals surface area contributed by atoms with Crippen LogP contribution in [-0.4, -0.2) is 44.3 Å². The molecule has 1 aromatic carbocycles. The normalized spacial score (nSPS) is 25.3. The summed E-state index contributed by atoms with van der Waals surface area (Å²) < 4.78 is 40.4. The number of carbonyl (C=O) groups is 1. The first kappa shape index (κ1) is 19.3. The zero-order valence-electron chi connectivity index (χ0n) is 14.7. The van der Waals surface area contributed by atoms with Crippen LogP contribution in [0.2, 0.25) is 0 Å². The van der Waals surface area contributed by atoms with Gasteiger partial charge in [0.05, 0.1) is 0 Å². The molecular weight excluding hydrogens is 357 g/mol. The number of sulfonamides is 1. The molecule has 2 atom stereocenters. The monoisotopic (exact) mass is 383 g/mol. The average molecular weight is 383 g/mol. The standard InChI is InChI=1S/C18H26FN3O3S/c19-15-5-1-2-7-17(15)26(24,25)22-10-8-13(9-11-22)18(23)21-16-6-3-4-14(16)12-20/h1-2,5,7,13-14,16H,3-4,6,8-12,20H2,(H,21,23). The summed E-state index contributed by atoms with van der Waals surface area (Å²) in [5.41, 5.74) is 5.76. The van der Waals surface area contributed by atoms with Crippen molar-refractivity contribution in [2.75, 3.05) is 19.6 Å². The number of rotatable bonds is 5. The number of nitrogens with one attached hydrogen (secondary N) is 1. The Morgan fingerprint density at radius 3 is 2.54 bits per heavy atom. The van der Waals surface area contributed by atoms with Gasteiger partial charge in [-0.1, -0.05) is 18.6 Å². The van der Waals surface area contributed by atoms with Gasteiger partial charge in [0.15, 0.2) is 0 Å². The van der Waals surface area contributed by atoms with Crippen molar-refractivity contribution >= 4 is 15.9 Å². The Balaban J connectivity index is 1.59. The molecule has 3 N–H and O–H groups in total. The quantitative estimate of drug-likeness (QED) is 0.805. The van der Waals surface area contributed by atoms with Crippen molar-refractivity contribution in [1.82, 2.24) is 9.62 Å². The Labute approximate surface area is 154 Å². The van der Waals surface area contributed by atoms with E-state index in [1.165, 1.54) is 22.5 Å². The Morgan fingerprint density at radius 1 is 1.19 bits per heavy atom. The Hall–Kier alpha value is -1.51. The molecular formula is C18H26FN3O3S. The van der Waals surface area contributed by atoms with E-state index in [0.29, 0.717) is 25.3 Å². The van der Waals surface area contributed by atoms with Gasteiger partial charge in [-0.2, -0.15) is 4.31 Å². The summed E-state index contributed by atoms with van der Waals surface area (Å²) in [4.78, 5) is 12.2. The minimum absolute atomic E-state index is 0.0155. The molecule has 0 spiro atoms. The second-order valence-corrected chi connectivity index (χ2v) is 9.06. The number of amides is 1. The highest BCUT2D eigenvalue weighted by molar-refractivity contribution is 7.89. The number of carbonyl (C=O) groups excluding carboxylic acids is 1. The maximum Gasteiger partial charge on any atom is 0.245 e. The molecule has 2 unspecified atom stereocenters. The van der Waals surface area contributed by atoms with Crippen LogP contribution in [0.3, 0.4) is 0 Å². The molecule has 1 aromatic rings. The van der Waals surface area contributed by atoms with E-state index in [0.717, 1.165) is 25.3 Å². The SMILES string of the molecule is NCC1CCCC1NC(=O)C1CCN(S(=O)(=O)c2ccccc2F)CC1. The molecule has 6 nitrogen and oxygen atoms in total. The number of hydrogen-bond donors (Lipinski definition) is 2. The fourth-order valence-corrected chi connectivity index (χ4v) is 5.50. The highest BCUT2D eigenvalue weighted by Crippen LogP contribution is 2.28. The van der Waals surface area contributed by atoms with Crippen molar-refractivity contribution in [2.45, 2.75) is 43.0 Å². The zero-order chi connectivity index (χ0) is 18.7. The maximum absolute atomic E-state index is 13.9. The number of piperidine rings is 1. The summed E-state index contributed by atoms with van der Waals surface area (Å²) >= 11 is 0. The predicted molar refractivity (Wildman–Crippen MR) is 96.2 cm³/mol. The second kappa shape index (κ2) is 8.02. The molecule has 2 fully saturated rings. The lowest BCUT2D eigenvalue weighted by Crippen LogP contribution is -2.47. The van der Waals surface area contributed by atoms with Crippen LogP contribution in [-0.2, 0) is 14.8 Å². The van der Waals surface area contributed by atoms with E-state index in [4.69, 9.17) is 5.73 Å². The van der Waals surface area contributed by atoms with Gasteiger partial charge in [-0.3, -0.25) is 4.79 Å². The van der Waals surface area contributed by atoms with Crippen molar-refractivity contribution in [3.8, 4) is 0 Å². The van der Waals surface area contributed by atoms with Crippen LogP contribution in [0, 0.1) is 17.7 Å². The molecule has 1 saturated heterocycles. The zero-order valence-corrected chi connectivity index (χ0v) is 15.6. The van der Waals surface area contributed by atoms with E-state index in [1.54, 1.807) is 0 Å². The fraction of sp³-hybridized carbons (Fsp3) is 0.611. The van der Waals surface area contributed by atoms with E-state index in [9.17, 15) is 17.6 Å². The number of nitrogens with two attached hydrogens (primary N) is 1. The Morgan fingerprint density at radius 2 is 1.88 bits per heavy atom. The largest absolute Gasteiger partial charge is 0.353 e. The number of hydrogen-bond acceptors (Lipinski definition) is 4. The minimum atomic E-state index is -3.87. The molecule has 26 heavy (non-hydrogen) atoms. The van der Waals surface area contributed by atoms with Crippen molar-refractivity contribution < 1.29 is 17.6 Å². The van der Waals surface area contributed by atoms with Gasteiger partial charge in [-0.15, -0.1) is 0 Å². The first-order valence-corrected chi connectivity index (χ1v) is 10.6. The van der Waals surface area contributed by atoms with Crippen LogP contribution in [0.4, 0.5) is 4.39 Å². The van der Waals surface area contributed by atoms with Gasteiger partial charge in [-0.05, 0) is 50.3 Å². The van der Waals surface area contributed by atoms with Gasteiger partial charge >= 0.3 is 0 Å². The summed E-state index contributed by atoms with van der Waals surface area (Å²) in [6, 6.07) is 5.51. The molecule has 0 radical (unpaired) electrons. The molecule has 8 heteroatoms. The first-order valence-electron chi connectivity index (χ1n) is 9.18. The second-order valence-electron chi connectivity index (χ2n) is 7.15. The third kappa shape index (κ3) is 3.92. The van der Waals surface area contributed by atoms with Crippen LogP contribution in [0.1, 0.15) is 32.1 Å². The van der Waals surface area contributed by atoms with Crippen LogP contribution >= 0.6 is 0 Å². The van der Waals surface area contributed by atoms with Gasteiger partial charge in [0, 0.05) is 25.0 Å². The Kier molecular flexibility index (Phi) is 5.94. The minimum Gasteiger partial charge on any atom is -0.353 e. The third-order valence-corrected chi connectivity index (χ3v) is 7.50. The first-order chi connectivity index (χ1) is 12.4. The van der Waals surface area contributed by atoms with Gasteiger partial charge < -0.3 is 11.1 Å². The molecule has 144 valence electrons. The summed E-state index contributed by atoms with van der Waals surface area (Å²) in [7, 11) is -3.87. The Bertz CT molecular complexity index is 748. The molecule has 0 bridgehead atoms. The number of nitrogens with zero attached hydrogens (tertiary/aromatic N) is 1. The van der Waals surface area contributed by atoms with Crippen LogP contribution < -0.4 is 11.1 Å². The van der Waals surface area contributed by atoms with E-state index >= 15 is 0 Å². The maximum atomic E-state index is 13.9. The van der Waals surface area contributed by atoms with Crippen molar-refractivity contribution in [3.05, 3.63) is 30.1 Å². The summed E-state index contributed by atoms with van der Waals surface area (Å²) in [5.74, 6) is -0.638. The lowest BCUT2D eigenvalue weighted by Gasteiger charge is -2.31. The van der Waals surface area contributed by atoms with Gasteiger partial charge in [0.1, 0.15) is 10.7 Å². The molecule has 1 aliphatic carbocycles. The number of halogens is 1. The van der Waals surface area contributed by atoms with Gasteiger partial charge in [0.2, 0.25) is 15.9 Å². The van der Waals surface area contributed by atoms with Crippen LogP contribution in [0.5, 0.6) is 0 Å². The highest BCUT2D eigenvalue weighted by Gasteiger charge is 2.35. The summed E-state index contributed by atoms with van der Waals surface area (Å²) in [5, 5.41) is 3.10. The smallest absolute Gasteiger partial charge is 0.245 e. The molecule has 1 heterocycles. The topological polar surface area (TPSA) is 92.5 Å². The van der Waals surface area contributed by atoms with E-state index in [1.807, 2.05) is 0 Å². The highest BCUT2D eigenvalue weighted by atomic mass is 32.2. The lowest BCUT2D eigenvalue weighted by atomic mass is 9.95. The third-order valence-electron chi connectivity index (χ3n) is 5.57. The molecule has 1 aliphatic heterocycles. The van der Waals surface area contributed by atoms with Gasteiger partial charge in [0.25, 0.3) is 0 Å². The fourth-order valence-electron chi connectivity index (χ4n) is 3.96. The van der Waals surface area contributed by atoms with E-state index in [2.05, 4.69) is 5.32 Å². The van der Waals surface area contributed by atoms with Gasteiger partial charge in [-0.25, -0.2) is 12.8 Å². The molecule has 3 rings (SSSR count). The molecule has 1 saturated carbocycles. The average Bonchev–Trinajstić information content (AvgIpc) is 3.09. The number of benzene rings is 1. The predicted octanol–water partition coefficient (Wildman–Crippen LogP) is 1.47. The van der Waals surface area contributed by atoms with Crippen molar-refractivity contribution in [2.24, 2.45) is 17.6 Å². The van der Waals surface area contributed by atoms with Crippen molar-refractivity contribution in [1.29, 1.82) is 0 Å². The summed E-state index contributed by atoms with van der Waals surface area (Å²) in [6.07, 6.45) is 3.96. The van der Waals surface area contributed by atoms with E-state index in [-0.39, 0.29) is 35.9 Å². The molecule has 1 amide bonds. The molecule has 2 aliphatic rings. The van der Waals surface area contributed by atoms with Crippen molar-refractivity contribution in [3.63, 3.8) is 0 Å². The van der Waals surface area contributed by atoms with Crippen LogP contribution in [0.15, 0.2) is 29.2 Å². The van der Waals surface area contributed by atoms with E-state index < -0.39 is 15.8 Å². The lowest BCUT2D eigenvalue weighted by molar-refractivity contribution is -0.127.